The lowest BCUT2D eigenvalue weighted by Gasteiger charge is -2.26. The first-order valence-corrected chi connectivity index (χ1v) is 7.61. The van der Waals surface area contributed by atoms with Crippen LogP contribution in [-0.2, 0) is 4.79 Å². The second-order valence-electron chi connectivity index (χ2n) is 5.15. The van der Waals surface area contributed by atoms with Crippen LogP contribution in [0.2, 0.25) is 0 Å². The number of nitrogens with zero attached hydrogens (tertiary/aromatic N) is 1. The summed E-state index contributed by atoms with van der Waals surface area (Å²) in [4.78, 5) is 14.0. The smallest absolute Gasteiger partial charge is 0.239 e. The zero-order chi connectivity index (χ0) is 14.0. The number of rotatable bonds is 10. The van der Waals surface area contributed by atoms with E-state index in [9.17, 15) is 4.79 Å². The van der Waals surface area contributed by atoms with Crippen LogP contribution >= 0.6 is 0 Å². The molecule has 2 atom stereocenters. The maximum atomic E-state index is 12.1. The van der Waals surface area contributed by atoms with Gasteiger partial charge in [-0.3, -0.25) is 4.79 Å². The summed E-state index contributed by atoms with van der Waals surface area (Å²) in [6.45, 7) is 12.0. The van der Waals surface area contributed by atoms with Crippen LogP contribution in [0.3, 0.4) is 0 Å². The number of hydrogen-bond acceptors (Lipinski definition) is 2. The first-order valence-electron chi connectivity index (χ1n) is 7.61. The van der Waals surface area contributed by atoms with Crippen molar-refractivity contribution in [3.8, 4) is 0 Å². The van der Waals surface area contributed by atoms with Crippen molar-refractivity contribution in [2.75, 3.05) is 13.1 Å². The molecule has 0 radical (unpaired) electrons. The average molecular weight is 256 g/mol. The number of unbranched alkanes of at least 4 members (excludes halogenated alkanes) is 3. The zero-order valence-electron chi connectivity index (χ0n) is 13.0. The van der Waals surface area contributed by atoms with Crippen molar-refractivity contribution in [1.82, 2.24) is 10.2 Å². The van der Waals surface area contributed by atoms with Crippen molar-refractivity contribution in [3.05, 3.63) is 0 Å². The summed E-state index contributed by atoms with van der Waals surface area (Å²) < 4.78 is 0. The zero-order valence-corrected chi connectivity index (χ0v) is 13.0. The molecule has 18 heavy (non-hydrogen) atoms. The Bertz CT molecular complexity index is 215. The number of amides is 1. The third-order valence-corrected chi connectivity index (χ3v) is 3.47. The molecule has 1 N–H and O–H groups in total. The van der Waals surface area contributed by atoms with Crippen LogP contribution in [0.5, 0.6) is 0 Å². The Morgan fingerprint density at radius 3 is 2.17 bits per heavy atom. The van der Waals surface area contributed by atoms with Gasteiger partial charge in [-0.2, -0.15) is 0 Å². The fourth-order valence-corrected chi connectivity index (χ4v) is 2.27. The molecule has 0 aliphatic rings. The van der Waals surface area contributed by atoms with Gasteiger partial charge < -0.3 is 10.2 Å². The van der Waals surface area contributed by atoms with E-state index in [1.807, 2.05) is 25.7 Å². The van der Waals surface area contributed by atoms with Crippen molar-refractivity contribution >= 4 is 5.91 Å². The Labute approximate surface area is 113 Å². The second-order valence-corrected chi connectivity index (χ2v) is 5.15. The van der Waals surface area contributed by atoms with E-state index in [1.54, 1.807) is 0 Å². The summed E-state index contributed by atoms with van der Waals surface area (Å²) in [6, 6.07) is 0.363. The lowest BCUT2D eigenvalue weighted by molar-refractivity contribution is -0.132. The maximum absolute atomic E-state index is 12.1. The molecule has 0 aromatic heterocycles. The predicted molar refractivity (Wildman–Crippen MR) is 78.7 cm³/mol. The summed E-state index contributed by atoms with van der Waals surface area (Å²) in [5.74, 6) is 0.223. The summed E-state index contributed by atoms with van der Waals surface area (Å²) in [5.41, 5.74) is 0. The molecule has 0 aliphatic heterocycles. The summed E-state index contributed by atoms with van der Waals surface area (Å²) in [6.07, 6.45) is 6.32. The molecule has 0 bridgehead atoms. The molecule has 0 aromatic rings. The van der Waals surface area contributed by atoms with Crippen molar-refractivity contribution < 1.29 is 4.79 Å². The lowest BCUT2D eigenvalue weighted by atomic mass is 10.1. The third kappa shape index (κ3) is 7.00. The number of nitrogens with one attached hydrogen (secondary N) is 1. The van der Waals surface area contributed by atoms with Gasteiger partial charge in [0, 0.05) is 19.1 Å². The van der Waals surface area contributed by atoms with Gasteiger partial charge in [0.15, 0.2) is 0 Å². The number of carbonyl (C=O) groups excluding carboxylic acids is 1. The molecule has 2 unspecified atom stereocenters. The maximum Gasteiger partial charge on any atom is 0.239 e. The fourth-order valence-electron chi connectivity index (χ4n) is 2.27. The first kappa shape index (κ1) is 17.4. The predicted octanol–water partition coefficient (Wildman–Crippen LogP) is 3.19. The lowest BCUT2D eigenvalue weighted by Crippen LogP contribution is -2.47. The highest BCUT2D eigenvalue weighted by molar-refractivity contribution is 5.81. The van der Waals surface area contributed by atoms with E-state index in [0.29, 0.717) is 6.04 Å². The molecule has 0 aromatic carbocycles. The number of hydrogen-bond donors (Lipinski definition) is 1. The molecule has 0 spiro atoms. The van der Waals surface area contributed by atoms with Gasteiger partial charge in [-0.05, 0) is 34.1 Å². The fraction of sp³-hybridized carbons (Fsp3) is 0.933. The Morgan fingerprint density at radius 1 is 1.06 bits per heavy atom. The van der Waals surface area contributed by atoms with E-state index in [-0.39, 0.29) is 11.9 Å². The van der Waals surface area contributed by atoms with E-state index >= 15 is 0 Å². The molecular formula is C15H32N2O. The van der Waals surface area contributed by atoms with E-state index < -0.39 is 0 Å². The molecule has 108 valence electrons. The summed E-state index contributed by atoms with van der Waals surface area (Å²) >= 11 is 0. The summed E-state index contributed by atoms with van der Waals surface area (Å²) in [7, 11) is 0. The van der Waals surface area contributed by atoms with E-state index in [1.165, 1.54) is 25.7 Å². The highest BCUT2D eigenvalue weighted by Gasteiger charge is 2.19. The molecule has 0 rings (SSSR count). The van der Waals surface area contributed by atoms with Gasteiger partial charge in [0.05, 0.1) is 6.04 Å². The van der Waals surface area contributed by atoms with Crippen LogP contribution in [0.4, 0.5) is 0 Å². The SMILES string of the molecule is CCCCCCC(C)NC(C)C(=O)N(CC)CC. The minimum Gasteiger partial charge on any atom is -0.342 e. The van der Waals surface area contributed by atoms with Gasteiger partial charge in [0.25, 0.3) is 0 Å². The highest BCUT2D eigenvalue weighted by atomic mass is 16.2. The van der Waals surface area contributed by atoms with Gasteiger partial charge in [0.1, 0.15) is 0 Å². The van der Waals surface area contributed by atoms with Crippen molar-refractivity contribution in [2.24, 2.45) is 0 Å². The third-order valence-electron chi connectivity index (χ3n) is 3.47. The Hall–Kier alpha value is -0.570. The van der Waals surface area contributed by atoms with Crippen LogP contribution in [0.15, 0.2) is 0 Å². The van der Waals surface area contributed by atoms with Gasteiger partial charge in [-0.15, -0.1) is 0 Å². The van der Waals surface area contributed by atoms with E-state index in [2.05, 4.69) is 19.2 Å². The standard InChI is InChI=1S/C15H32N2O/c1-6-9-10-11-12-13(4)16-14(5)15(18)17(7-2)8-3/h13-14,16H,6-12H2,1-5H3. The Balaban J connectivity index is 3.91. The van der Waals surface area contributed by atoms with Gasteiger partial charge >= 0.3 is 0 Å². The Morgan fingerprint density at radius 2 is 1.67 bits per heavy atom. The van der Waals surface area contributed by atoms with Crippen molar-refractivity contribution in [3.63, 3.8) is 0 Å². The van der Waals surface area contributed by atoms with Gasteiger partial charge in [-0.1, -0.05) is 32.6 Å². The quantitative estimate of drug-likeness (QED) is 0.609. The molecular weight excluding hydrogens is 224 g/mol. The average Bonchev–Trinajstić information content (AvgIpc) is 2.36. The largest absolute Gasteiger partial charge is 0.342 e. The number of likely N-dealkylation sites (N-methyl/N-ethyl adjacent to an activating group) is 1. The molecule has 0 saturated carbocycles. The minimum absolute atomic E-state index is 0.0638. The minimum atomic E-state index is -0.0638. The first-order chi connectivity index (χ1) is 8.56. The molecule has 0 saturated heterocycles. The van der Waals surface area contributed by atoms with Gasteiger partial charge in [0.2, 0.25) is 5.91 Å². The van der Waals surface area contributed by atoms with Crippen LogP contribution in [0, 0.1) is 0 Å². The van der Waals surface area contributed by atoms with E-state index in [4.69, 9.17) is 0 Å². The topological polar surface area (TPSA) is 32.3 Å². The second kappa shape index (κ2) is 10.4. The van der Waals surface area contributed by atoms with Crippen LogP contribution in [0.1, 0.15) is 66.7 Å². The molecule has 3 heteroatoms. The molecule has 0 aliphatic carbocycles. The molecule has 0 heterocycles. The van der Waals surface area contributed by atoms with Crippen LogP contribution in [-0.4, -0.2) is 36.0 Å². The normalized spacial score (nSPS) is 14.3. The van der Waals surface area contributed by atoms with Crippen molar-refractivity contribution in [1.29, 1.82) is 0 Å². The summed E-state index contributed by atoms with van der Waals surface area (Å²) in [5, 5.41) is 3.41. The van der Waals surface area contributed by atoms with Crippen LogP contribution < -0.4 is 5.32 Å². The molecule has 3 nitrogen and oxygen atoms in total. The van der Waals surface area contributed by atoms with E-state index in [0.717, 1.165) is 19.5 Å². The molecule has 1 amide bonds. The molecule has 0 fully saturated rings. The van der Waals surface area contributed by atoms with Crippen molar-refractivity contribution in [2.45, 2.75) is 78.8 Å². The van der Waals surface area contributed by atoms with Gasteiger partial charge in [-0.25, -0.2) is 0 Å². The monoisotopic (exact) mass is 256 g/mol. The van der Waals surface area contributed by atoms with Crippen LogP contribution in [0.25, 0.3) is 0 Å². The number of carbonyl (C=O) groups is 1. The highest BCUT2D eigenvalue weighted by Crippen LogP contribution is 2.06. The Kier molecular flexibility index (Phi) is 10.0.